The Bertz CT molecular complexity index is 999. The van der Waals surface area contributed by atoms with Gasteiger partial charge in [0.05, 0.1) is 31.0 Å². The van der Waals surface area contributed by atoms with Crippen LogP contribution in [0.2, 0.25) is 0 Å². The summed E-state index contributed by atoms with van der Waals surface area (Å²) in [6.45, 7) is 8.28. The Hall–Kier alpha value is -2.67. The molecule has 0 radical (unpaired) electrons. The van der Waals surface area contributed by atoms with Crippen LogP contribution in [0.4, 0.5) is 0 Å². The van der Waals surface area contributed by atoms with Crippen molar-refractivity contribution in [2.24, 2.45) is 11.8 Å². The number of carbonyl (C=O) groups is 1. The van der Waals surface area contributed by atoms with E-state index in [1.165, 1.54) is 0 Å². The van der Waals surface area contributed by atoms with E-state index < -0.39 is 12.2 Å². The maximum absolute atomic E-state index is 11.7. The van der Waals surface area contributed by atoms with E-state index in [1.807, 2.05) is 64.1 Å². The summed E-state index contributed by atoms with van der Waals surface area (Å²) in [5, 5.41) is 42.7. The number of ether oxygens (including phenoxy) is 1. The zero-order valence-corrected chi connectivity index (χ0v) is 22.7. The fourth-order valence-electron chi connectivity index (χ4n) is 4.82. The minimum atomic E-state index is -0.769. The van der Waals surface area contributed by atoms with Crippen molar-refractivity contribution in [2.75, 3.05) is 6.61 Å². The number of aromatic hydroxyl groups is 2. The van der Waals surface area contributed by atoms with Gasteiger partial charge in [-0.3, -0.25) is 4.79 Å². The molecule has 0 heterocycles. The minimum Gasteiger partial charge on any atom is -0.507 e. The van der Waals surface area contributed by atoms with Gasteiger partial charge in [0.2, 0.25) is 0 Å². The number of hydrogen-bond acceptors (Lipinski definition) is 6. The van der Waals surface area contributed by atoms with Crippen molar-refractivity contribution in [3.8, 4) is 11.5 Å². The molecule has 0 aromatic heterocycles. The molecule has 0 fully saturated rings. The van der Waals surface area contributed by atoms with Gasteiger partial charge in [-0.2, -0.15) is 0 Å². The van der Waals surface area contributed by atoms with Gasteiger partial charge in [-0.05, 0) is 65.8 Å². The minimum absolute atomic E-state index is 0.101. The lowest BCUT2D eigenvalue weighted by atomic mass is 9.84. The van der Waals surface area contributed by atoms with Crippen LogP contribution in [0.15, 0.2) is 48.0 Å². The average molecular weight is 513 g/mol. The fourth-order valence-corrected chi connectivity index (χ4v) is 4.82. The van der Waals surface area contributed by atoms with Crippen LogP contribution in [-0.2, 0) is 24.2 Å². The molecule has 0 saturated heterocycles. The third kappa shape index (κ3) is 8.99. The second-order valence-electron chi connectivity index (χ2n) is 10.2. The first-order valence-corrected chi connectivity index (χ1v) is 13.4. The molecule has 0 aliphatic heterocycles. The molecular weight excluding hydrogens is 468 g/mol. The van der Waals surface area contributed by atoms with Crippen molar-refractivity contribution in [3.63, 3.8) is 0 Å². The van der Waals surface area contributed by atoms with Crippen molar-refractivity contribution in [3.05, 3.63) is 70.3 Å². The molecule has 6 heteroatoms. The number of aldehydes is 1. The molecule has 6 nitrogen and oxygen atoms in total. The highest BCUT2D eigenvalue weighted by atomic mass is 16.5. The molecular formula is C31H44O6. The number of hydrogen-bond donors (Lipinski definition) is 4. The fraction of sp³-hybridized carbons (Fsp3) is 0.516. The van der Waals surface area contributed by atoms with Crippen LogP contribution in [0.3, 0.4) is 0 Å². The first kappa shape index (κ1) is 30.6. The van der Waals surface area contributed by atoms with Gasteiger partial charge >= 0.3 is 0 Å². The summed E-state index contributed by atoms with van der Waals surface area (Å²) in [5.41, 5.74) is 2.81. The number of aliphatic hydroxyl groups excluding tert-OH is 2. The van der Waals surface area contributed by atoms with Crippen molar-refractivity contribution in [2.45, 2.75) is 85.0 Å². The number of carbonyl (C=O) groups excluding carboxylic acids is 1. The van der Waals surface area contributed by atoms with Crippen LogP contribution in [0.25, 0.3) is 0 Å². The molecule has 37 heavy (non-hydrogen) atoms. The van der Waals surface area contributed by atoms with Crippen molar-refractivity contribution in [1.29, 1.82) is 0 Å². The molecule has 0 amide bonds. The highest BCUT2D eigenvalue weighted by molar-refractivity contribution is 5.85. The predicted octanol–water partition coefficient (Wildman–Crippen LogP) is 5.73. The molecule has 0 aliphatic rings. The normalized spacial score (nSPS) is 14.5. The molecule has 204 valence electrons. The third-order valence-corrected chi connectivity index (χ3v) is 6.71. The molecule has 2 aromatic rings. The van der Waals surface area contributed by atoms with E-state index in [4.69, 9.17) is 4.74 Å². The molecule has 4 N–H and O–H groups in total. The Morgan fingerprint density at radius 2 is 1.68 bits per heavy atom. The number of rotatable bonds is 16. The lowest BCUT2D eigenvalue weighted by Gasteiger charge is -2.29. The highest BCUT2D eigenvalue weighted by Crippen LogP contribution is 2.37. The van der Waals surface area contributed by atoms with E-state index in [-0.39, 0.29) is 35.5 Å². The first-order chi connectivity index (χ1) is 17.7. The summed E-state index contributed by atoms with van der Waals surface area (Å²) >= 11 is 0. The van der Waals surface area contributed by atoms with E-state index in [2.05, 4.69) is 0 Å². The van der Waals surface area contributed by atoms with Gasteiger partial charge in [0, 0.05) is 6.42 Å². The van der Waals surface area contributed by atoms with Gasteiger partial charge in [-0.1, -0.05) is 70.5 Å². The Morgan fingerprint density at radius 3 is 2.22 bits per heavy atom. The number of aliphatic hydroxyl groups is 2. The summed E-state index contributed by atoms with van der Waals surface area (Å²) in [5.74, 6) is -0.364. The predicted molar refractivity (Wildman–Crippen MR) is 147 cm³/mol. The van der Waals surface area contributed by atoms with Crippen LogP contribution < -0.4 is 0 Å². The quantitative estimate of drug-likeness (QED) is 0.169. The molecule has 3 atom stereocenters. The molecule has 0 unspecified atom stereocenters. The monoisotopic (exact) mass is 512 g/mol. The Labute approximate surface area is 221 Å². The first-order valence-electron chi connectivity index (χ1n) is 13.4. The SMILES string of the molecule is CC/C=C(\CO)[C@@H](C[C@@H](O)[C@@H](CCC)Cc1cc(CC(C)C)c(O)c(C=O)c1O)OCc1ccccc1. The molecule has 0 spiro atoms. The summed E-state index contributed by atoms with van der Waals surface area (Å²) < 4.78 is 6.20. The number of benzene rings is 2. The van der Waals surface area contributed by atoms with E-state index in [0.717, 1.165) is 24.0 Å². The smallest absolute Gasteiger partial charge is 0.157 e. The second-order valence-corrected chi connectivity index (χ2v) is 10.2. The average Bonchev–Trinajstić information content (AvgIpc) is 2.88. The van der Waals surface area contributed by atoms with Gasteiger partial charge in [-0.25, -0.2) is 0 Å². The van der Waals surface area contributed by atoms with E-state index in [1.54, 1.807) is 6.07 Å². The van der Waals surface area contributed by atoms with Crippen molar-refractivity contribution in [1.82, 2.24) is 0 Å². The summed E-state index contributed by atoms with van der Waals surface area (Å²) in [7, 11) is 0. The van der Waals surface area contributed by atoms with Crippen LogP contribution in [0.1, 0.15) is 80.4 Å². The van der Waals surface area contributed by atoms with Gasteiger partial charge in [0.25, 0.3) is 0 Å². The van der Waals surface area contributed by atoms with E-state index in [0.29, 0.717) is 49.7 Å². The molecule has 2 aromatic carbocycles. The lowest BCUT2D eigenvalue weighted by Crippen LogP contribution is -2.31. The summed E-state index contributed by atoms with van der Waals surface area (Å²) in [6.07, 6.45) is 4.68. The highest BCUT2D eigenvalue weighted by Gasteiger charge is 2.27. The third-order valence-electron chi connectivity index (χ3n) is 6.71. The summed E-state index contributed by atoms with van der Waals surface area (Å²) in [6, 6.07) is 11.5. The number of phenols is 2. The Morgan fingerprint density at radius 1 is 1.03 bits per heavy atom. The van der Waals surface area contributed by atoms with Crippen molar-refractivity contribution < 1.29 is 30.0 Å². The maximum atomic E-state index is 11.7. The van der Waals surface area contributed by atoms with Gasteiger partial charge < -0.3 is 25.2 Å². The zero-order chi connectivity index (χ0) is 27.4. The Balaban J connectivity index is 2.31. The van der Waals surface area contributed by atoms with Crippen LogP contribution in [0, 0.1) is 11.8 Å². The molecule has 2 rings (SSSR count). The lowest BCUT2D eigenvalue weighted by molar-refractivity contribution is 0.000161. The Kier molecular flexibility index (Phi) is 12.8. The molecule has 0 aliphatic carbocycles. The maximum Gasteiger partial charge on any atom is 0.157 e. The van der Waals surface area contributed by atoms with Crippen LogP contribution in [0.5, 0.6) is 11.5 Å². The van der Waals surface area contributed by atoms with Crippen molar-refractivity contribution >= 4 is 6.29 Å². The topological polar surface area (TPSA) is 107 Å². The number of phenolic OH excluding ortho intramolecular Hbond substituents is 2. The van der Waals surface area contributed by atoms with Crippen LogP contribution in [-0.4, -0.2) is 45.5 Å². The molecule has 0 saturated carbocycles. The second kappa shape index (κ2) is 15.6. The van der Waals surface area contributed by atoms with Gasteiger partial charge in [0.15, 0.2) is 6.29 Å². The largest absolute Gasteiger partial charge is 0.507 e. The zero-order valence-electron chi connectivity index (χ0n) is 22.7. The number of allylic oxidation sites excluding steroid dienone is 1. The van der Waals surface area contributed by atoms with E-state index >= 15 is 0 Å². The molecule has 0 bridgehead atoms. The van der Waals surface area contributed by atoms with Crippen LogP contribution >= 0.6 is 0 Å². The summed E-state index contributed by atoms with van der Waals surface area (Å²) in [4.78, 5) is 11.7. The van der Waals surface area contributed by atoms with Gasteiger partial charge in [0.1, 0.15) is 11.5 Å². The van der Waals surface area contributed by atoms with E-state index in [9.17, 15) is 25.2 Å². The van der Waals surface area contributed by atoms with Gasteiger partial charge in [-0.15, -0.1) is 0 Å². The standard InChI is InChI=1S/C31H44O6/c1-5-10-23(15-26-16-25(14-21(3)4)30(35)27(19-33)31(26)36)28(34)17-29(24(18-32)11-6-2)37-20-22-12-8-7-9-13-22/h7-9,11-13,16,19,21,23,28-29,32,34-36H,5-6,10,14-15,17-18,20H2,1-4H3/b24-11+/t23-,28+,29+/m0/s1.